The van der Waals surface area contributed by atoms with Crippen LogP contribution in [0.25, 0.3) is 0 Å². The van der Waals surface area contributed by atoms with Crippen LogP contribution in [0.5, 0.6) is 0 Å². The van der Waals surface area contributed by atoms with E-state index in [0.29, 0.717) is 19.4 Å². The Balaban J connectivity index is 2.22. The number of nitrogens with one attached hydrogen (secondary N) is 3. The molecule has 0 bridgehead atoms. The summed E-state index contributed by atoms with van der Waals surface area (Å²) in [4.78, 5) is 65.8. The summed E-state index contributed by atoms with van der Waals surface area (Å²) in [5, 5.41) is 7.71. The van der Waals surface area contributed by atoms with Crippen LogP contribution in [0.3, 0.4) is 0 Å². The Labute approximate surface area is 216 Å². The minimum absolute atomic E-state index is 0.0444. The summed E-state index contributed by atoms with van der Waals surface area (Å²) in [6.45, 7) is 13.0. The van der Waals surface area contributed by atoms with Crippen LogP contribution in [0, 0.1) is 17.3 Å². The van der Waals surface area contributed by atoms with Crippen molar-refractivity contribution < 1.29 is 28.7 Å². The lowest BCUT2D eigenvalue weighted by molar-refractivity contribution is -0.144. The number of ketones is 1. The molecular weight excluding hydrogens is 483 g/mol. The Hall–Kier alpha value is -2.22. The molecule has 2 unspecified atom stereocenters. The summed E-state index contributed by atoms with van der Waals surface area (Å²) in [6.07, 6.45) is 3.08. The van der Waals surface area contributed by atoms with Crippen molar-refractivity contribution in [1.82, 2.24) is 20.6 Å². The van der Waals surface area contributed by atoms with Crippen LogP contribution < -0.4 is 15.7 Å². The molecule has 0 aromatic carbocycles. The zero-order chi connectivity index (χ0) is 27.4. The van der Waals surface area contributed by atoms with Gasteiger partial charge < -0.3 is 25.4 Å². The van der Waals surface area contributed by atoms with Gasteiger partial charge in [0.15, 0.2) is 0 Å². The highest BCUT2D eigenvalue weighted by atomic mass is 31.0. The second-order valence-electron chi connectivity index (χ2n) is 12.2. The van der Waals surface area contributed by atoms with Crippen molar-refractivity contribution in [2.45, 2.75) is 104 Å². The molecule has 2 rings (SSSR count). The maximum Gasteiger partial charge on any atom is 0.408 e. The number of alkyl carbamates (subject to hydrolysis) is 1. The molecule has 4 amide bonds. The molecule has 1 aliphatic carbocycles. The van der Waals surface area contributed by atoms with Crippen molar-refractivity contribution in [2.24, 2.45) is 17.3 Å². The highest BCUT2D eigenvalue weighted by Gasteiger charge is 2.45. The summed E-state index contributed by atoms with van der Waals surface area (Å²) in [6, 6.07) is -2.69. The largest absolute Gasteiger partial charge is 0.444 e. The molecule has 1 saturated carbocycles. The van der Waals surface area contributed by atoms with Crippen LogP contribution in [0.2, 0.25) is 0 Å². The van der Waals surface area contributed by atoms with Gasteiger partial charge in [-0.05, 0) is 60.3 Å². The van der Waals surface area contributed by atoms with Gasteiger partial charge in [-0.2, -0.15) is 0 Å². The number of likely N-dealkylation sites (tertiary alicyclic amines) is 1. The van der Waals surface area contributed by atoms with E-state index in [4.69, 9.17) is 4.74 Å². The number of nitrogens with zero attached hydrogens (tertiary/aromatic N) is 1. The van der Waals surface area contributed by atoms with Crippen molar-refractivity contribution in [3.8, 4) is 0 Å². The summed E-state index contributed by atoms with van der Waals surface area (Å²) >= 11 is 0. The summed E-state index contributed by atoms with van der Waals surface area (Å²) < 4.78 is 5.36. The molecule has 1 heterocycles. The maximum absolute atomic E-state index is 13.7. The molecule has 2 aliphatic rings. The second-order valence-corrected chi connectivity index (χ2v) is 12.5. The van der Waals surface area contributed by atoms with Gasteiger partial charge >= 0.3 is 6.09 Å². The van der Waals surface area contributed by atoms with Crippen LogP contribution in [-0.2, 0) is 23.9 Å². The minimum atomic E-state index is -0.950. The molecule has 1 aliphatic heterocycles. The van der Waals surface area contributed by atoms with E-state index in [9.17, 15) is 24.0 Å². The third kappa shape index (κ3) is 8.15. The molecule has 11 heteroatoms. The number of hydrogen-bond acceptors (Lipinski definition) is 6. The van der Waals surface area contributed by atoms with E-state index in [1.165, 1.54) is 4.90 Å². The number of ether oxygens (including phenoxy) is 1. The van der Waals surface area contributed by atoms with E-state index in [1.807, 2.05) is 37.1 Å². The van der Waals surface area contributed by atoms with Crippen LogP contribution in [0.1, 0.15) is 80.6 Å². The first kappa shape index (κ1) is 30.0. The highest BCUT2D eigenvalue weighted by molar-refractivity contribution is 7.15. The number of rotatable bonds is 8. The van der Waals surface area contributed by atoms with Gasteiger partial charge in [0.25, 0.3) is 5.91 Å². The SMILES string of the molecule is C[C@@H]1C[C@@H](C(=O)NC(CC2CCC2)C(=O)C(=O)NP)N(C(=O)[C@@H](NC(=O)OC(C)(C)C)C(C)(C)C)C1. The lowest BCUT2D eigenvalue weighted by atomic mass is 9.80. The smallest absolute Gasteiger partial charge is 0.408 e. The van der Waals surface area contributed by atoms with Gasteiger partial charge in [0.2, 0.25) is 17.6 Å². The zero-order valence-electron chi connectivity index (χ0n) is 22.6. The molecule has 2 fully saturated rings. The van der Waals surface area contributed by atoms with E-state index in [2.05, 4.69) is 15.7 Å². The van der Waals surface area contributed by atoms with Crippen molar-refractivity contribution in [2.75, 3.05) is 6.54 Å². The first-order valence-electron chi connectivity index (χ1n) is 12.7. The highest BCUT2D eigenvalue weighted by Crippen LogP contribution is 2.32. The third-order valence-electron chi connectivity index (χ3n) is 6.65. The fourth-order valence-corrected chi connectivity index (χ4v) is 4.71. The van der Waals surface area contributed by atoms with Crippen molar-refractivity contribution in [3.63, 3.8) is 0 Å². The van der Waals surface area contributed by atoms with Gasteiger partial charge in [-0.3, -0.25) is 19.2 Å². The van der Waals surface area contributed by atoms with Crippen LogP contribution in [0.15, 0.2) is 0 Å². The number of carbonyl (C=O) groups excluding carboxylic acids is 5. The van der Waals surface area contributed by atoms with Gasteiger partial charge in [-0.1, -0.05) is 47.0 Å². The lowest BCUT2D eigenvalue weighted by Gasteiger charge is -2.36. The quantitative estimate of drug-likeness (QED) is 0.328. The average molecular weight is 527 g/mol. The molecule has 10 nitrogen and oxygen atoms in total. The molecule has 0 radical (unpaired) electrons. The Bertz CT molecular complexity index is 862. The van der Waals surface area contributed by atoms with Crippen LogP contribution >= 0.6 is 9.39 Å². The second kappa shape index (κ2) is 11.9. The molecule has 1 saturated heterocycles. The minimum Gasteiger partial charge on any atom is -0.444 e. The monoisotopic (exact) mass is 526 g/mol. The normalized spacial score (nSPS) is 22.2. The molecule has 0 spiro atoms. The molecule has 0 aromatic heterocycles. The standard InChI is InChI=1S/C25H43N4O6P/c1-14-11-17(20(31)26-16(12-15-9-8-10-15)18(30)21(32)28-36)29(13-14)22(33)19(24(2,3)4)27-23(34)35-25(5,6)7/h14-17,19H,8-13,36H2,1-7H3,(H,26,31)(H,27,34)(H,28,32)/t14-,16?,17+,19-/m1/s1. The third-order valence-corrected chi connectivity index (χ3v) is 6.91. The number of Topliss-reactive ketones (excluding diaryl/α,β-unsaturated/α-hetero) is 1. The number of amides is 4. The Morgan fingerprint density at radius 1 is 1.03 bits per heavy atom. The van der Waals surface area contributed by atoms with Crippen molar-refractivity contribution >= 4 is 39.0 Å². The predicted molar refractivity (Wildman–Crippen MR) is 139 cm³/mol. The molecule has 3 N–H and O–H groups in total. The number of hydrogen-bond donors (Lipinski definition) is 3. The van der Waals surface area contributed by atoms with Crippen LogP contribution in [-0.4, -0.2) is 64.8 Å². The predicted octanol–water partition coefficient (Wildman–Crippen LogP) is 2.31. The maximum atomic E-state index is 13.7. The van der Waals surface area contributed by atoms with Gasteiger partial charge in [0, 0.05) is 6.54 Å². The molecule has 36 heavy (non-hydrogen) atoms. The van der Waals surface area contributed by atoms with E-state index < -0.39 is 52.8 Å². The van der Waals surface area contributed by atoms with Gasteiger partial charge in [-0.25, -0.2) is 4.79 Å². The van der Waals surface area contributed by atoms with Gasteiger partial charge in [0.05, 0.1) is 6.04 Å². The Morgan fingerprint density at radius 3 is 2.11 bits per heavy atom. The fraction of sp³-hybridized carbons (Fsp3) is 0.800. The van der Waals surface area contributed by atoms with E-state index in [-0.39, 0.29) is 17.7 Å². The first-order valence-corrected chi connectivity index (χ1v) is 13.3. The lowest BCUT2D eigenvalue weighted by Crippen LogP contribution is -2.59. The summed E-state index contributed by atoms with van der Waals surface area (Å²) in [5.41, 5.74) is -1.38. The van der Waals surface area contributed by atoms with Gasteiger partial charge in [-0.15, -0.1) is 0 Å². The summed E-state index contributed by atoms with van der Waals surface area (Å²) in [5.74, 6) is -2.02. The van der Waals surface area contributed by atoms with E-state index >= 15 is 0 Å². The summed E-state index contributed by atoms with van der Waals surface area (Å²) in [7, 11) is 2.01. The molecular formula is C25H43N4O6P. The molecule has 0 aromatic rings. The van der Waals surface area contributed by atoms with E-state index in [1.54, 1.807) is 20.8 Å². The first-order chi connectivity index (χ1) is 16.5. The van der Waals surface area contributed by atoms with E-state index in [0.717, 1.165) is 19.3 Å². The fourth-order valence-electron chi connectivity index (χ4n) is 4.57. The topological polar surface area (TPSA) is 134 Å². The van der Waals surface area contributed by atoms with Crippen molar-refractivity contribution in [1.29, 1.82) is 0 Å². The molecule has 204 valence electrons. The molecule has 5 atom stereocenters. The van der Waals surface area contributed by atoms with Gasteiger partial charge in [0.1, 0.15) is 17.7 Å². The number of carbonyl (C=O) groups is 5. The average Bonchev–Trinajstić information content (AvgIpc) is 3.11. The Kier molecular flexibility index (Phi) is 9.91. The van der Waals surface area contributed by atoms with Crippen LogP contribution in [0.4, 0.5) is 4.79 Å². The van der Waals surface area contributed by atoms with Crippen molar-refractivity contribution in [3.05, 3.63) is 0 Å². The zero-order valence-corrected chi connectivity index (χ0v) is 23.8. The Morgan fingerprint density at radius 2 is 1.64 bits per heavy atom.